The third-order valence-electron chi connectivity index (χ3n) is 1.69. The average molecular weight is 196 g/mol. The Morgan fingerprint density at radius 1 is 1.36 bits per heavy atom. The lowest BCUT2D eigenvalue weighted by atomic mass is 10.5. The number of fused-ring (bicyclic) bond motifs is 1. The van der Waals surface area contributed by atoms with Crippen LogP contribution < -0.4 is 11.2 Å². The Balaban J connectivity index is 0.000000461. The highest BCUT2D eigenvalue weighted by atomic mass is 16.2. The number of aromatic nitrogens is 4. The molecule has 2 N–H and O–H groups in total. The van der Waals surface area contributed by atoms with Crippen molar-refractivity contribution in [2.75, 3.05) is 0 Å². The molecule has 14 heavy (non-hydrogen) atoms. The van der Waals surface area contributed by atoms with Crippen LogP contribution in [0.5, 0.6) is 0 Å². The van der Waals surface area contributed by atoms with Crippen LogP contribution in [0.4, 0.5) is 0 Å². The normalized spacial score (nSPS) is 9.64. The van der Waals surface area contributed by atoms with E-state index in [4.69, 9.17) is 0 Å². The molecule has 2 rings (SSSR count). The molecular formula is C8H12N4O2. The lowest BCUT2D eigenvalue weighted by Crippen LogP contribution is -2.28. The van der Waals surface area contributed by atoms with Crippen molar-refractivity contribution in [3.8, 4) is 0 Å². The number of aryl methyl sites for hydroxylation is 1. The standard InChI is InChI=1S/C6H6N4O2.C2H6/c1-10-4-3(7-2-8-4)5(11)9-6(10)12;1-2/h2H,1H3,(H,7,8)(H,9,11,12);1-2H3. The number of nitrogens with zero attached hydrogens (tertiary/aromatic N) is 2. The lowest BCUT2D eigenvalue weighted by molar-refractivity contribution is 0.832. The van der Waals surface area contributed by atoms with Gasteiger partial charge in [0, 0.05) is 7.05 Å². The van der Waals surface area contributed by atoms with Gasteiger partial charge in [0.05, 0.1) is 6.33 Å². The number of nitrogens with one attached hydrogen (secondary N) is 2. The molecule has 2 aromatic heterocycles. The van der Waals surface area contributed by atoms with Crippen LogP contribution in [0.15, 0.2) is 15.9 Å². The molecule has 0 saturated heterocycles. The van der Waals surface area contributed by atoms with Gasteiger partial charge in [-0.25, -0.2) is 9.78 Å². The summed E-state index contributed by atoms with van der Waals surface area (Å²) in [5, 5.41) is 0. The van der Waals surface area contributed by atoms with Crippen LogP contribution in [0.3, 0.4) is 0 Å². The van der Waals surface area contributed by atoms with Crippen molar-refractivity contribution in [2.24, 2.45) is 7.05 Å². The van der Waals surface area contributed by atoms with Crippen LogP contribution in [0.2, 0.25) is 0 Å². The third-order valence-corrected chi connectivity index (χ3v) is 1.69. The second kappa shape index (κ2) is 3.91. The molecule has 2 heterocycles. The van der Waals surface area contributed by atoms with E-state index >= 15 is 0 Å². The summed E-state index contributed by atoms with van der Waals surface area (Å²) in [6, 6.07) is 0. The van der Waals surface area contributed by atoms with E-state index in [0.717, 1.165) is 0 Å². The largest absolute Gasteiger partial charge is 0.339 e. The second-order valence-corrected chi connectivity index (χ2v) is 2.42. The van der Waals surface area contributed by atoms with Crippen LogP contribution in [0.25, 0.3) is 11.2 Å². The van der Waals surface area contributed by atoms with Gasteiger partial charge in [0.25, 0.3) is 5.56 Å². The summed E-state index contributed by atoms with van der Waals surface area (Å²) in [4.78, 5) is 30.7. The summed E-state index contributed by atoms with van der Waals surface area (Å²) in [5.74, 6) is 0. The fourth-order valence-electron chi connectivity index (χ4n) is 1.05. The van der Waals surface area contributed by atoms with Crippen LogP contribution in [-0.4, -0.2) is 19.5 Å². The number of hydrogen-bond acceptors (Lipinski definition) is 3. The molecule has 0 fully saturated rings. The molecule has 0 saturated carbocycles. The molecule has 2 aromatic rings. The summed E-state index contributed by atoms with van der Waals surface area (Å²) in [5.41, 5.74) is -0.217. The molecule has 6 nitrogen and oxygen atoms in total. The molecule has 0 aliphatic rings. The predicted octanol–water partition coefficient (Wildman–Crippen LogP) is -0.0239. The van der Waals surface area contributed by atoms with E-state index in [0.29, 0.717) is 11.2 Å². The van der Waals surface area contributed by atoms with E-state index in [9.17, 15) is 9.59 Å². The molecule has 76 valence electrons. The smallest absolute Gasteiger partial charge is 0.329 e. The van der Waals surface area contributed by atoms with Gasteiger partial charge in [-0.2, -0.15) is 0 Å². The molecule has 6 heteroatoms. The number of imidazole rings is 1. The summed E-state index contributed by atoms with van der Waals surface area (Å²) in [6.45, 7) is 4.00. The fraction of sp³-hybridized carbons (Fsp3) is 0.375. The van der Waals surface area contributed by atoms with E-state index < -0.39 is 11.2 Å². The first-order valence-electron chi connectivity index (χ1n) is 4.32. The zero-order valence-electron chi connectivity index (χ0n) is 8.29. The summed E-state index contributed by atoms with van der Waals surface area (Å²) in [7, 11) is 1.54. The van der Waals surface area contributed by atoms with Crippen LogP contribution in [0.1, 0.15) is 13.8 Å². The predicted molar refractivity (Wildman–Crippen MR) is 53.3 cm³/mol. The maximum absolute atomic E-state index is 11.1. The van der Waals surface area contributed by atoms with Crippen molar-refractivity contribution in [3.05, 3.63) is 27.2 Å². The first kappa shape index (κ1) is 10.2. The molecule has 0 amide bonds. The zero-order chi connectivity index (χ0) is 10.7. The molecule has 0 spiro atoms. The number of rotatable bonds is 0. The van der Waals surface area contributed by atoms with Crippen LogP contribution in [0, 0.1) is 0 Å². The minimum absolute atomic E-state index is 0.317. The van der Waals surface area contributed by atoms with Crippen molar-refractivity contribution in [3.63, 3.8) is 0 Å². The summed E-state index contributed by atoms with van der Waals surface area (Å²) in [6.07, 6.45) is 1.37. The van der Waals surface area contributed by atoms with Crippen LogP contribution >= 0.6 is 0 Å². The van der Waals surface area contributed by atoms with Crippen molar-refractivity contribution in [1.82, 2.24) is 19.5 Å². The average Bonchev–Trinajstić information content (AvgIpc) is 2.67. The maximum atomic E-state index is 11.1. The maximum Gasteiger partial charge on any atom is 0.329 e. The van der Waals surface area contributed by atoms with E-state index in [-0.39, 0.29) is 0 Å². The van der Waals surface area contributed by atoms with Gasteiger partial charge in [-0.05, 0) is 0 Å². The van der Waals surface area contributed by atoms with Gasteiger partial charge < -0.3 is 4.98 Å². The van der Waals surface area contributed by atoms with Gasteiger partial charge in [0.15, 0.2) is 5.65 Å². The number of aromatic amines is 2. The molecule has 0 aliphatic carbocycles. The zero-order valence-corrected chi connectivity index (χ0v) is 8.29. The highest BCUT2D eigenvalue weighted by Gasteiger charge is 2.04. The first-order valence-corrected chi connectivity index (χ1v) is 4.32. The quantitative estimate of drug-likeness (QED) is 0.621. The second-order valence-electron chi connectivity index (χ2n) is 2.42. The third kappa shape index (κ3) is 1.46. The van der Waals surface area contributed by atoms with Gasteiger partial charge in [-0.1, -0.05) is 13.8 Å². The monoisotopic (exact) mass is 196 g/mol. The highest BCUT2D eigenvalue weighted by Crippen LogP contribution is 1.96. The first-order chi connectivity index (χ1) is 6.70. The van der Waals surface area contributed by atoms with E-state index in [1.807, 2.05) is 13.8 Å². The fourth-order valence-corrected chi connectivity index (χ4v) is 1.05. The molecular weight excluding hydrogens is 184 g/mol. The van der Waals surface area contributed by atoms with Gasteiger partial charge >= 0.3 is 5.69 Å². The molecule has 0 radical (unpaired) electrons. The Hall–Kier alpha value is -1.85. The minimum atomic E-state index is -0.459. The summed E-state index contributed by atoms with van der Waals surface area (Å²) < 4.78 is 1.27. The van der Waals surface area contributed by atoms with Crippen molar-refractivity contribution < 1.29 is 0 Å². The summed E-state index contributed by atoms with van der Waals surface area (Å²) >= 11 is 0. The Morgan fingerprint density at radius 2 is 2.00 bits per heavy atom. The van der Waals surface area contributed by atoms with Gasteiger partial charge in [-0.15, -0.1) is 0 Å². The molecule has 0 atom stereocenters. The molecule has 0 aromatic carbocycles. The molecule has 0 unspecified atom stereocenters. The van der Waals surface area contributed by atoms with E-state index in [1.54, 1.807) is 7.05 Å². The number of H-pyrrole nitrogens is 2. The molecule has 0 aliphatic heterocycles. The van der Waals surface area contributed by atoms with Crippen molar-refractivity contribution in [1.29, 1.82) is 0 Å². The van der Waals surface area contributed by atoms with E-state index in [1.165, 1.54) is 10.9 Å². The Labute approximate surface area is 79.6 Å². The Morgan fingerprint density at radius 3 is 2.64 bits per heavy atom. The number of hydrogen-bond donors (Lipinski definition) is 2. The van der Waals surface area contributed by atoms with E-state index in [2.05, 4.69) is 15.0 Å². The lowest BCUT2D eigenvalue weighted by Gasteiger charge is -1.94. The Kier molecular flexibility index (Phi) is 2.85. The van der Waals surface area contributed by atoms with Gasteiger partial charge in [0.2, 0.25) is 0 Å². The van der Waals surface area contributed by atoms with Crippen molar-refractivity contribution >= 4 is 11.2 Å². The topological polar surface area (TPSA) is 83.5 Å². The van der Waals surface area contributed by atoms with Crippen LogP contribution in [-0.2, 0) is 7.05 Å². The van der Waals surface area contributed by atoms with Gasteiger partial charge in [0.1, 0.15) is 5.52 Å². The Bertz CT molecular complexity index is 534. The highest BCUT2D eigenvalue weighted by molar-refractivity contribution is 5.68. The molecule has 0 bridgehead atoms. The SMILES string of the molecule is CC.Cn1c(=O)[nH]c(=O)c2[nH]cnc21. The van der Waals surface area contributed by atoms with Gasteiger partial charge in [-0.3, -0.25) is 14.3 Å². The minimum Gasteiger partial charge on any atom is -0.339 e. The van der Waals surface area contributed by atoms with Crippen molar-refractivity contribution in [2.45, 2.75) is 13.8 Å².